The van der Waals surface area contributed by atoms with Crippen molar-refractivity contribution in [3.05, 3.63) is 35.9 Å². The van der Waals surface area contributed by atoms with Crippen LogP contribution in [-0.4, -0.2) is 42.3 Å². The lowest BCUT2D eigenvalue weighted by atomic mass is 9.92. The van der Waals surface area contributed by atoms with E-state index in [1.807, 2.05) is 30.3 Å². The molecular weight excluding hydrogens is 240 g/mol. The number of carbonyl (C=O) groups is 2. The van der Waals surface area contributed by atoms with E-state index < -0.39 is 0 Å². The van der Waals surface area contributed by atoms with Gasteiger partial charge < -0.3 is 9.80 Å². The first-order valence-electron chi connectivity index (χ1n) is 6.55. The lowest BCUT2D eigenvalue weighted by Crippen LogP contribution is -2.36. The second-order valence-corrected chi connectivity index (χ2v) is 5.20. The first-order chi connectivity index (χ1) is 9.02. The molecule has 0 bridgehead atoms. The van der Waals surface area contributed by atoms with Crippen LogP contribution in [0, 0.1) is 5.92 Å². The van der Waals surface area contributed by atoms with Crippen molar-refractivity contribution >= 4 is 11.8 Å². The molecule has 2 atom stereocenters. The monoisotopic (exact) mass is 260 g/mol. The van der Waals surface area contributed by atoms with Gasteiger partial charge in [-0.25, -0.2) is 0 Å². The van der Waals surface area contributed by atoms with Crippen LogP contribution in [0.4, 0.5) is 0 Å². The number of nitrogens with zero attached hydrogens (tertiary/aromatic N) is 2. The van der Waals surface area contributed by atoms with E-state index in [1.54, 1.807) is 30.8 Å². The van der Waals surface area contributed by atoms with Crippen molar-refractivity contribution in [3.8, 4) is 0 Å². The van der Waals surface area contributed by atoms with Crippen LogP contribution >= 0.6 is 0 Å². The van der Waals surface area contributed by atoms with Crippen molar-refractivity contribution in [1.82, 2.24) is 9.80 Å². The number of carbonyl (C=O) groups excluding carboxylic acids is 2. The summed E-state index contributed by atoms with van der Waals surface area (Å²) in [4.78, 5) is 27.5. The fraction of sp³-hybridized carbons (Fsp3) is 0.467. The Morgan fingerprint density at radius 2 is 1.84 bits per heavy atom. The minimum Gasteiger partial charge on any atom is -0.349 e. The van der Waals surface area contributed by atoms with Crippen molar-refractivity contribution in [3.63, 3.8) is 0 Å². The number of hydrogen-bond donors (Lipinski definition) is 0. The maximum absolute atomic E-state index is 12.3. The molecule has 0 N–H and O–H groups in total. The Kier molecular flexibility index (Phi) is 3.88. The molecule has 1 aliphatic heterocycles. The third-order valence-corrected chi connectivity index (χ3v) is 3.70. The molecule has 1 saturated heterocycles. The van der Waals surface area contributed by atoms with E-state index in [9.17, 15) is 9.59 Å². The van der Waals surface area contributed by atoms with Crippen LogP contribution in [0.5, 0.6) is 0 Å². The SMILES string of the molecule is CC(=O)N1CCC(C(=O)N(C)C)C1c1ccccc1. The molecule has 1 aromatic carbocycles. The Morgan fingerprint density at radius 1 is 1.21 bits per heavy atom. The quantitative estimate of drug-likeness (QED) is 0.812. The van der Waals surface area contributed by atoms with Gasteiger partial charge in [-0.15, -0.1) is 0 Å². The average molecular weight is 260 g/mol. The highest BCUT2D eigenvalue weighted by atomic mass is 16.2. The maximum atomic E-state index is 12.3. The van der Waals surface area contributed by atoms with E-state index in [-0.39, 0.29) is 23.8 Å². The van der Waals surface area contributed by atoms with Crippen LogP contribution < -0.4 is 0 Å². The minimum absolute atomic E-state index is 0.0305. The van der Waals surface area contributed by atoms with Crippen LogP contribution in [0.15, 0.2) is 30.3 Å². The predicted octanol–water partition coefficient (Wildman–Crippen LogP) is 1.68. The second kappa shape index (κ2) is 5.43. The van der Waals surface area contributed by atoms with E-state index in [1.165, 1.54) is 0 Å². The van der Waals surface area contributed by atoms with Crippen molar-refractivity contribution in [2.75, 3.05) is 20.6 Å². The van der Waals surface area contributed by atoms with E-state index in [0.717, 1.165) is 12.0 Å². The lowest BCUT2D eigenvalue weighted by molar-refractivity contribution is -0.135. The number of benzene rings is 1. The van der Waals surface area contributed by atoms with Crippen molar-refractivity contribution in [2.45, 2.75) is 19.4 Å². The first kappa shape index (κ1) is 13.6. The molecule has 4 heteroatoms. The Morgan fingerprint density at radius 3 is 2.37 bits per heavy atom. The highest BCUT2D eigenvalue weighted by Crippen LogP contribution is 2.38. The molecule has 102 valence electrons. The zero-order valence-corrected chi connectivity index (χ0v) is 11.7. The third-order valence-electron chi connectivity index (χ3n) is 3.70. The summed E-state index contributed by atoms with van der Waals surface area (Å²) in [6.45, 7) is 2.22. The van der Waals surface area contributed by atoms with Gasteiger partial charge in [0.25, 0.3) is 0 Å². The third kappa shape index (κ3) is 2.62. The molecule has 2 unspecified atom stereocenters. The van der Waals surface area contributed by atoms with Crippen LogP contribution in [0.3, 0.4) is 0 Å². The zero-order valence-electron chi connectivity index (χ0n) is 11.7. The molecular formula is C15H20N2O2. The van der Waals surface area contributed by atoms with E-state index in [0.29, 0.717) is 6.54 Å². The lowest BCUT2D eigenvalue weighted by Gasteiger charge is -2.28. The number of rotatable bonds is 2. The fourth-order valence-electron chi connectivity index (χ4n) is 2.80. The summed E-state index contributed by atoms with van der Waals surface area (Å²) in [7, 11) is 3.53. The molecule has 0 radical (unpaired) electrons. The molecule has 2 amide bonds. The van der Waals surface area contributed by atoms with Gasteiger partial charge in [-0.3, -0.25) is 9.59 Å². The summed E-state index contributed by atoms with van der Waals surface area (Å²) in [5.74, 6) is -0.0122. The summed E-state index contributed by atoms with van der Waals surface area (Å²) in [5, 5.41) is 0. The molecule has 0 aliphatic carbocycles. The molecule has 1 heterocycles. The normalized spacial score (nSPS) is 22.4. The van der Waals surface area contributed by atoms with Gasteiger partial charge in [0.2, 0.25) is 11.8 Å². The van der Waals surface area contributed by atoms with Crippen molar-refractivity contribution < 1.29 is 9.59 Å². The Balaban J connectivity index is 2.35. The average Bonchev–Trinajstić information content (AvgIpc) is 2.83. The number of amides is 2. The topological polar surface area (TPSA) is 40.6 Å². The van der Waals surface area contributed by atoms with Gasteiger partial charge in [0, 0.05) is 27.6 Å². The highest BCUT2D eigenvalue weighted by Gasteiger charge is 2.41. The second-order valence-electron chi connectivity index (χ2n) is 5.20. The minimum atomic E-state index is -0.138. The van der Waals surface area contributed by atoms with Gasteiger partial charge >= 0.3 is 0 Å². The van der Waals surface area contributed by atoms with Gasteiger partial charge in [-0.1, -0.05) is 30.3 Å². The largest absolute Gasteiger partial charge is 0.349 e. The molecule has 2 rings (SSSR count). The van der Waals surface area contributed by atoms with Crippen LogP contribution in [0.25, 0.3) is 0 Å². The molecule has 1 fully saturated rings. The van der Waals surface area contributed by atoms with Gasteiger partial charge in [0.1, 0.15) is 0 Å². The molecule has 19 heavy (non-hydrogen) atoms. The summed E-state index contributed by atoms with van der Waals surface area (Å²) < 4.78 is 0. The van der Waals surface area contributed by atoms with Crippen LogP contribution in [0.2, 0.25) is 0 Å². The van der Waals surface area contributed by atoms with Crippen LogP contribution in [-0.2, 0) is 9.59 Å². The van der Waals surface area contributed by atoms with Crippen LogP contribution in [0.1, 0.15) is 24.9 Å². The summed E-state index contributed by atoms with van der Waals surface area (Å²) in [6.07, 6.45) is 0.732. The molecule has 0 spiro atoms. The molecule has 1 aromatic rings. The molecule has 1 aliphatic rings. The standard InChI is InChI=1S/C15H20N2O2/c1-11(18)17-10-9-13(15(19)16(2)3)14(17)12-7-5-4-6-8-12/h4-8,13-14H,9-10H2,1-3H3. The molecule has 0 aromatic heterocycles. The van der Waals surface area contributed by atoms with Gasteiger partial charge in [-0.05, 0) is 12.0 Å². The fourth-order valence-corrected chi connectivity index (χ4v) is 2.80. The van der Waals surface area contributed by atoms with Crippen molar-refractivity contribution in [2.24, 2.45) is 5.92 Å². The molecule has 0 saturated carbocycles. The van der Waals surface area contributed by atoms with Gasteiger partial charge in [0.15, 0.2) is 0 Å². The summed E-state index contributed by atoms with van der Waals surface area (Å²) in [5.41, 5.74) is 1.04. The number of likely N-dealkylation sites (tertiary alicyclic amines) is 1. The van der Waals surface area contributed by atoms with E-state index >= 15 is 0 Å². The van der Waals surface area contributed by atoms with E-state index in [4.69, 9.17) is 0 Å². The highest BCUT2D eigenvalue weighted by molar-refractivity contribution is 5.82. The maximum Gasteiger partial charge on any atom is 0.227 e. The summed E-state index contributed by atoms with van der Waals surface area (Å²) >= 11 is 0. The summed E-state index contributed by atoms with van der Waals surface area (Å²) in [6, 6.07) is 9.68. The van der Waals surface area contributed by atoms with E-state index in [2.05, 4.69) is 0 Å². The Hall–Kier alpha value is -1.84. The van der Waals surface area contributed by atoms with Gasteiger partial charge in [-0.2, -0.15) is 0 Å². The predicted molar refractivity (Wildman–Crippen MR) is 73.4 cm³/mol. The smallest absolute Gasteiger partial charge is 0.227 e. The Labute approximate surface area is 114 Å². The number of hydrogen-bond acceptors (Lipinski definition) is 2. The van der Waals surface area contributed by atoms with Crippen molar-refractivity contribution in [1.29, 1.82) is 0 Å². The Bertz CT molecular complexity index is 470. The van der Waals surface area contributed by atoms with Gasteiger partial charge in [0.05, 0.1) is 12.0 Å². The molecule has 4 nitrogen and oxygen atoms in total. The first-order valence-corrected chi connectivity index (χ1v) is 6.55. The zero-order chi connectivity index (χ0) is 14.0.